The van der Waals surface area contributed by atoms with Gasteiger partial charge in [-0.25, -0.2) is 0 Å². The molecule has 0 aliphatic rings. The van der Waals surface area contributed by atoms with Gasteiger partial charge in [-0.3, -0.25) is 0 Å². The molecule has 2 heteroatoms. The quantitative estimate of drug-likeness (QED) is 0.779. The summed E-state index contributed by atoms with van der Waals surface area (Å²) in [4.78, 5) is 0. The second-order valence-electron chi connectivity index (χ2n) is 4.47. The zero-order valence-corrected chi connectivity index (χ0v) is 9.61. The standard InChI is InChI=1S/C13H21NO/c1-10(2)13(14)8-4-6-11-5-3-7-12(15)9-11/h3,5,7,9-10,13,15H,4,6,8,14H2,1-2H3. The van der Waals surface area contributed by atoms with Gasteiger partial charge >= 0.3 is 0 Å². The van der Waals surface area contributed by atoms with E-state index in [0.717, 1.165) is 19.3 Å². The van der Waals surface area contributed by atoms with E-state index in [9.17, 15) is 5.11 Å². The Morgan fingerprint density at radius 3 is 2.67 bits per heavy atom. The van der Waals surface area contributed by atoms with Gasteiger partial charge < -0.3 is 10.8 Å². The molecule has 0 aliphatic heterocycles. The molecule has 0 radical (unpaired) electrons. The lowest BCUT2D eigenvalue weighted by molar-refractivity contribution is 0.451. The van der Waals surface area contributed by atoms with Crippen LogP contribution in [0, 0.1) is 5.92 Å². The summed E-state index contributed by atoms with van der Waals surface area (Å²) in [6.07, 6.45) is 3.13. The molecule has 0 amide bonds. The maximum Gasteiger partial charge on any atom is 0.115 e. The van der Waals surface area contributed by atoms with Crippen molar-refractivity contribution in [2.75, 3.05) is 0 Å². The Balaban J connectivity index is 2.32. The number of hydrogen-bond acceptors (Lipinski definition) is 2. The molecule has 0 bridgehead atoms. The zero-order chi connectivity index (χ0) is 11.3. The van der Waals surface area contributed by atoms with Crippen LogP contribution in [0.4, 0.5) is 0 Å². The molecule has 1 unspecified atom stereocenters. The first-order valence-corrected chi connectivity index (χ1v) is 5.63. The van der Waals surface area contributed by atoms with Crippen molar-refractivity contribution >= 4 is 0 Å². The molecule has 0 saturated carbocycles. The average Bonchev–Trinajstić information content (AvgIpc) is 2.17. The maximum atomic E-state index is 9.29. The van der Waals surface area contributed by atoms with Crippen LogP contribution < -0.4 is 5.73 Å². The molecule has 0 aliphatic carbocycles. The smallest absolute Gasteiger partial charge is 0.115 e. The normalized spacial score (nSPS) is 13.1. The number of phenols is 1. The highest BCUT2D eigenvalue weighted by molar-refractivity contribution is 5.27. The second-order valence-corrected chi connectivity index (χ2v) is 4.47. The Kier molecular flexibility index (Phi) is 4.63. The Bertz CT molecular complexity index is 296. The summed E-state index contributed by atoms with van der Waals surface area (Å²) in [5.74, 6) is 0.898. The minimum Gasteiger partial charge on any atom is -0.508 e. The Morgan fingerprint density at radius 1 is 1.33 bits per heavy atom. The van der Waals surface area contributed by atoms with Crippen LogP contribution in [0.5, 0.6) is 5.75 Å². The van der Waals surface area contributed by atoms with Crippen LogP contribution in [-0.4, -0.2) is 11.1 Å². The molecular formula is C13H21NO. The van der Waals surface area contributed by atoms with E-state index in [1.54, 1.807) is 6.07 Å². The Hall–Kier alpha value is -1.02. The number of aromatic hydroxyl groups is 1. The van der Waals surface area contributed by atoms with Crippen molar-refractivity contribution in [2.24, 2.45) is 11.7 Å². The predicted molar refractivity (Wildman–Crippen MR) is 63.9 cm³/mol. The van der Waals surface area contributed by atoms with Gasteiger partial charge in [0.15, 0.2) is 0 Å². The number of aryl methyl sites for hydroxylation is 1. The van der Waals surface area contributed by atoms with E-state index in [4.69, 9.17) is 5.73 Å². The maximum absolute atomic E-state index is 9.29. The molecule has 0 aromatic heterocycles. The lowest BCUT2D eigenvalue weighted by atomic mass is 9.98. The van der Waals surface area contributed by atoms with Crippen molar-refractivity contribution < 1.29 is 5.11 Å². The topological polar surface area (TPSA) is 46.2 Å². The number of rotatable bonds is 5. The van der Waals surface area contributed by atoms with Crippen LogP contribution in [0.25, 0.3) is 0 Å². The number of nitrogens with two attached hydrogens (primary N) is 1. The van der Waals surface area contributed by atoms with Gasteiger partial charge in [-0.2, -0.15) is 0 Å². The third-order valence-electron chi connectivity index (χ3n) is 2.77. The molecule has 1 rings (SSSR count). The molecule has 1 atom stereocenters. The predicted octanol–water partition coefficient (Wildman–Crippen LogP) is 2.70. The second kappa shape index (κ2) is 5.76. The molecule has 0 heterocycles. The first-order chi connectivity index (χ1) is 7.09. The van der Waals surface area contributed by atoms with Crippen LogP contribution in [-0.2, 0) is 6.42 Å². The minimum absolute atomic E-state index is 0.294. The van der Waals surface area contributed by atoms with Gasteiger partial charge in [0, 0.05) is 6.04 Å². The lowest BCUT2D eigenvalue weighted by Crippen LogP contribution is -2.26. The van der Waals surface area contributed by atoms with E-state index < -0.39 is 0 Å². The number of hydrogen-bond donors (Lipinski definition) is 2. The third kappa shape index (κ3) is 4.34. The molecule has 84 valence electrons. The van der Waals surface area contributed by atoms with Crippen LogP contribution in [0.3, 0.4) is 0 Å². The van der Waals surface area contributed by atoms with Crippen LogP contribution in [0.15, 0.2) is 24.3 Å². The van der Waals surface area contributed by atoms with Crippen LogP contribution in [0.2, 0.25) is 0 Å². The van der Waals surface area contributed by atoms with E-state index in [1.165, 1.54) is 5.56 Å². The van der Waals surface area contributed by atoms with Gasteiger partial charge in [0.2, 0.25) is 0 Å². The summed E-state index contributed by atoms with van der Waals surface area (Å²) < 4.78 is 0. The van der Waals surface area contributed by atoms with Gasteiger partial charge in [-0.1, -0.05) is 26.0 Å². The van der Waals surface area contributed by atoms with Crippen LogP contribution >= 0.6 is 0 Å². The molecule has 0 fully saturated rings. The number of phenolic OH excluding ortho intramolecular Hbond substituents is 1. The summed E-state index contributed by atoms with van der Waals surface area (Å²) in [7, 11) is 0. The molecule has 0 spiro atoms. The first kappa shape index (κ1) is 12.1. The first-order valence-electron chi connectivity index (χ1n) is 5.63. The molecule has 3 N–H and O–H groups in total. The van der Waals surface area contributed by atoms with E-state index in [1.807, 2.05) is 18.2 Å². The van der Waals surface area contributed by atoms with E-state index in [-0.39, 0.29) is 0 Å². The Labute approximate surface area is 92.1 Å². The SMILES string of the molecule is CC(C)C(N)CCCc1cccc(O)c1. The van der Waals surface area contributed by atoms with Crippen molar-refractivity contribution in [1.29, 1.82) is 0 Å². The summed E-state index contributed by atoms with van der Waals surface area (Å²) in [6.45, 7) is 4.30. The van der Waals surface area contributed by atoms with E-state index >= 15 is 0 Å². The molecule has 0 saturated heterocycles. The fourth-order valence-electron chi connectivity index (χ4n) is 1.59. The van der Waals surface area contributed by atoms with Crippen molar-refractivity contribution in [1.82, 2.24) is 0 Å². The fraction of sp³-hybridized carbons (Fsp3) is 0.538. The molecule has 1 aromatic carbocycles. The highest BCUT2D eigenvalue weighted by Gasteiger charge is 2.06. The third-order valence-corrected chi connectivity index (χ3v) is 2.77. The largest absolute Gasteiger partial charge is 0.508 e. The highest BCUT2D eigenvalue weighted by Crippen LogP contribution is 2.14. The van der Waals surface area contributed by atoms with E-state index in [2.05, 4.69) is 13.8 Å². The molecule has 15 heavy (non-hydrogen) atoms. The minimum atomic E-state index is 0.294. The van der Waals surface area contributed by atoms with Crippen molar-refractivity contribution in [2.45, 2.75) is 39.2 Å². The van der Waals surface area contributed by atoms with Gasteiger partial charge in [-0.05, 0) is 42.9 Å². The molecular weight excluding hydrogens is 186 g/mol. The monoisotopic (exact) mass is 207 g/mol. The summed E-state index contributed by atoms with van der Waals surface area (Å²) in [5.41, 5.74) is 7.15. The summed E-state index contributed by atoms with van der Waals surface area (Å²) >= 11 is 0. The average molecular weight is 207 g/mol. The van der Waals surface area contributed by atoms with Crippen molar-refractivity contribution in [3.05, 3.63) is 29.8 Å². The van der Waals surface area contributed by atoms with Crippen molar-refractivity contribution in [3.8, 4) is 5.75 Å². The summed E-state index contributed by atoms with van der Waals surface area (Å²) in [6, 6.07) is 7.74. The Morgan fingerprint density at radius 2 is 2.07 bits per heavy atom. The fourth-order valence-corrected chi connectivity index (χ4v) is 1.59. The van der Waals surface area contributed by atoms with Gasteiger partial charge in [0.1, 0.15) is 5.75 Å². The zero-order valence-electron chi connectivity index (χ0n) is 9.61. The molecule has 2 nitrogen and oxygen atoms in total. The van der Waals surface area contributed by atoms with Gasteiger partial charge in [0.25, 0.3) is 0 Å². The summed E-state index contributed by atoms with van der Waals surface area (Å²) in [5, 5.41) is 9.29. The van der Waals surface area contributed by atoms with E-state index in [0.29, 0.717) is 17.7 Å². The van der Waals surface area contributed by atoms with Crippen molar-refractivity contribution in [3.63, 3.8) is 0 Å². The molecule has 1 aromatic rings. The van der Waals surface area contributed by atoms with Gasteiger partial charge in [-0.15, -0.1) is 0 Å². The van der Waals surface area contributed by atoms with Crippen LogP contribution in [0.1, 0.15) is 32.3 Å². The van der Waals surface area contributed by atoms with Gasteiger partial charge in [0.05, 0.1) is 0 Å². The highest BCUT2D eigenvalue weighted by atomic mass is 16.3. The number of benzene rings is 1. The lowest BCUT2D eigenvalue weighted by Gasteiger charge is -2.14.